The smallest absolute Gasteiger partial charge is 0.252 e. The van der Waals surface area contributed by atoms with E-state index in [2.05, 4.69) is 39.6 Å². The van der Waals surface area contributed by atoms with E-state index in [0.717, 1.165) is 55.9 Å². The number of benzene rings is 1. The van der Waals surface area contributed by atoms with E-state index in [4.69, 9.17) is 9.72 Å². The number of rotatable bonds is 6. The largest absolute Gasteiger partial charge is 0.379 e. The number of ether oxygens (including phenoxy) is 1. The lowest BCUT2D eigenvalue weighted by Crippen LogP contribution is -2.43. The fourth-order valence-corrected chi connectivity index (χ4v) is 4.22. The van der Waals surface area contributed by atoms with Gasteiger partial charge in [-0.25, -0.2) is 4.98 Å². The van der Waals surface area contributed by atoms with Gasteiger partial charge < -0.3 is 10.1 Å². The number of hydrogen-bond donors (Lipinski definition) is 1. The molecule has 1 aromatic carbocycles. The van der Waals surface area contributed by atoms with Crippen LogP contribution in [0.4, 0.5) is 0 Å². The molecular weight excluding hydrogens is 378 g/mol. The summed E-state index contributed by atoms with van der Waals surface area (Å²) in [7, 11) is 1.87. The summed E-state index contributed by atoms with van der Waals surface area (Å²) in [5.74, 6) is 0.410. The van der Waals surface area contributed by atoms with Crippen molar-refractivity contribution >= 4 is 16.9 Å². The molecule has 1 aliphatic heterocycles. The zero-order valence-corrected chi connectivity index (χ0v) is 17.3. The van der Waals surface area contributed by atoms with Crippen LogP contribution in [0.3, 0.4) is 0 Å². The summed E-state index contributed by atoms with van der Waals surface area (Å²) in [4.78, 5) is 20.4. The predicted molar refractivity (Wildman–Crippen MR) is 114 cm³/mol. The number of fused-ring (bicyclic) bond motifs is 1. The first kappa shape index (κ1) is 19.2. The van der Waals surface area contributed by atoms with E-state index in [-0.39, 0.29) is 11.9 Å². The number of nitrogens with one attached hydrogen (secondary N) is 1. The molecule has 5 rings (SSSR count). The third-order valence-electron chi connectivity index (χ3n) is 6.09. The van der Waals surface area contributed by atoms with E-state index in [1.807, 2.05) is 19.2 Å². The Morgan fingerprint density at radius 2 is 2.00 bits per heavy atom. The summed E-state index contributed by atoms with van der Waals surface area (Å²) in [6, 6.07) is 12.5. The summed E-state index contributed by atoms with van der Waals surface area (Å²) >= 11 is 0. The molecule has 0 bridgehead atoms. The second kappa shape index (κ2) is 8.16. The maximum absolute atomic E-state index is 13.3. The summed E-state index contributed by atoms with van der Waals surface area (Å²) < 4.78 is 7.28. The molecule has 1 atom stereocenters. The lowest BCUT2D eigenvalue weighted by molar-refractivity contribution is 0.0162. The maximum Gasteiger partial charge on any atom is 0.252 e. The van der Waals surface area contributed by atoms with Crippen LogP contribution in [0, 0.1) is 0 Å². The van der Waals surface area contributed by atoms with E-state index in [0.29, 0.717) is 18.0 Å². The van der Waals surface area contributed by atoms with Crippen LogP contribution in [0.1, 0.15) is 46.4 Å². The third-order valence-corrected chi connectivity index (χ3v) is 6.09. The number of amides is 1. The molecule has 1 saturated carbocycles. The van der Waals surface area contributed by atoms with Crippen molar-refractivity contribution in [1.29, 1.82) is 0 Å². The Morgan fingerprint density at radius 3 is 2.73 bits per heavy atom. The Kier molecular flexibility index (Phi) is 5.23. The van der Waals surface area contributed by atoms with Crippen molar-refractivity contribution in [1.82, 2.24) is 25.0 Å². The standard InChI is InChI=1S/C23H27N5O2/c1-27-22-19(14-25-27)18(13-20(26-22)16-7-8-16)23(29)24-15-21(17-5-3-2-4-6-17)28-9-11-30-12-10-28/h2-6,13-14,16,21H,7-12,15H2,1H3,(H,24,29). The summed E-state index contributed by atoms with van der Waals surface area (Å²) in [6.07, 6.45) is 4.03. The van der Waals surface area contributed by atoms with Crippen molar-refractivity contribution in [3.8, 4) is 0 Å². The highest BCUT2D eigenvalue weighted by Crippen LogP contribution is 2.40. The molecule has 0 radical (unpaired) electrons. The molecule has 2 fully saturated rings. The van der Waals surface area contributed by atoms with Crippen LogP contribution in [-0.4, -0.2) is 58.4 Å². The van der Waals surface area contributed by atoms with Crippen LogP contribution in [-0.2, 0) is 11.8 Å². The first-order valence-corrected chi connectivity index (χ1v) is 10.7. The van der Waals surface area contributed by atoms with Gasteiger partial charge in [0, 0.05) is 38.3 Å². The number of aryl methyl sites for hydroxylation is 1. The van der Waals surface area contributed by atoms with Gasteiger partial charge in [-0.15, -0.1) is 0 Å². The van der Waals surface area contributed by atoms with Gasteiger partial charge in [-0.3, -0.25) is 14.4 Å². The molecule has 1 aliphatic carbocycles. The molecule has 156 valence electrons. The Labute approximate surface area is 176 Å². The van der Waals surface area contributed by atoms with E-state index in [1.165, 1.54) is 5.56 Å². The summed E-state index contributed by atoms with van der Waals surface area (Å²) in [5, 5.41) is 8.33. The molecule has 0 spiro atoms. The van der Waals surface area contributed by atoms with Crippen LogP contribution in [0.5, 0.6) is 0 Å². The average Bonchev–Trinajstić information content (AvgIpc) is 3.58. The molecule has 1 saturated heterocycles. The van der Waals surface area contributed by atoms with Gasteiger partial charge in [-0.2, -0.15) is 5.10 Å². The highest BCUT2D eigenvalue weighted by Gasteiger charge is 2.28. The lowest BCUT2D eigenvalue weighted by atomic mass is 10.0. The normalized spacial score (nSPS) is 18.4. The maximum atomic E-state index is 13.3. The van der Waals surface area contributed by atoms with Crippen LogP contribution in [0.2, 0.25) is 0 Å². The number of pyridine rings is 1. The molecule has 7 nitrogen and oxygen atoms in total. The molecular formula is C23H27N5O2. The molecule has 2 aromatic heterocycles. The van der Waals surface area contributed by atoms with Gasteiger partial charge in [-0.1, -0.05) is 30.3 Å². The number of carbonyl (C=O) groups is 1. The van der Waals surface area contributed by atoms with Crippen molar-refractivity contribution in [2.75, 3.05) is 32.8 Å². The first-order valence-electron chi connectivity index (χ1n) is 10.7. The number of morpholine rings is 1. The van der Waals surface area contributed by atoms with Crippen molar-refractivity contribution in [2.45, 2.75) is 24.8 Å². The van der Waals surface area contributed by atoms with Gasteiger partial charge in [-0.05, 0) is 24.5 Å². The second-order valence-electron chi connectivity index (χ2n) is 8.16. The van der Waals surface area contributed by atoms with E-state index in [1.54, 1.807) is 10.9 Å². The van der Waals surface area contributed by atoms with Crippen molar-refractivity contribution in [3.05, 3.63) is 59.4 Å². The van der Waals surface area contributed by atoms with Gasteiger partial charge in [0.1, 0.15) is 0 Å². The van der Waals surface area contributed by atoms with Gasteiger partial charge in [0.2, 0.25) is 0 Å². The number of carbonyl (C=O) groups excluding carboxylic acids is 1. The average molecular weight is 406 g/mol. The zero-order valence-electron chi connectivity index (χ0n) is 17.3. The molecule has 30 heavy (non-hydrogen) atoms. The minimum absolute atomic E-state index is 0.0634. The third kappa shape index (κ3) is 3.82. The van der Waals surface area contributed by atoms with Gasteiger partial charge >= 0.3 is 0 Å². The van der Waals surface area contributed by atoms with Crippen LogP contribution < -0.4 is 5.32 Å². The van der Waals surface area contributed by atoms with Crippen LogP contribution in [0.15, 0.2) is 42.6 Å². The highest BCUT2D eigenvalue weighted by molar-refractivity contribution is 6.05. The fraction of sp³-hybridized carbons (Fsp3) is 0.435. The van der Waals surface area contributed by atoms with Crippen LogP contribution in [0.25, 0.3) is 11.0 Å². The van der Waals surface area contributed by atoms with Crippen molar-refractivity contribution in [2.24, 2.45) is 7.05 Å². The Hall–Kier alpha value is -2.77. The number of hydrogen-bond acceptors (Lipinski definition) is 5. The summed E-state index contributed by atoms with van der Waals surface area (Å²) in [6.45, 7) is 3.73. The minimum Gasteiger partial charge on any atom is -0.379 e. The highest BCUT2D eigenvalue weighted by atomic mass is 16.5. The van der Waals surface area contributed by atoms with E-state index in [9.17, 15) is 4.79 Å². The summed E-state index contributed by atoms with van der Waals surface area (Å²) in [5.41, 5.74) is 3.66. The Balaban J connectivity index is 1.40. The quantitative estimate of drug-likeness (QED) is 0.683. The number of aromatic nitrogens is 3. The number of nitrogens with zero attached hydrogens (tertiary/aromatic N) is 4. The van der Waals surface area contributed by atoms with Crippen LogP contribution >= 0.6 is 0 Å². The molecule has 3 aromatic rings. The Bertz CT molecular complexity index is 1040. The first-order chi connectivity index (χ1) is 14.7. The van der Waals surface area contributed by atoms with Crippen molar-refractivity contribution < 1.29 is 9.53 Å². The molecule has 3 heterocycles. The topological polar surface area (TPSA) is 72.3 Å². The van der Waals surface area contributed by atoms with E-state index < -0.39 is 0 Å². The molecule has 1 N–H and O–H groups in total. The SMILES string of the molecule is Cn1ncc2c(C(=O)NCC(c3ccccc3)N3CCOCC3)cc(C3CC3)nc21. The van der Waals surface area contributed by atoms with Gasteiger partial charge in [0.05, 0.1) is 36.4 Å². The Morgan fingerprint density at radius 1 is 1.23 bits per heavy atom. The zero-order chi connectivity index (χ0) is 20.5. The monoisotopic (exact) mass is 405 g/mol. The second-order valence-corrected chi connectivity index (χ2v) is 8.16. The van der Waals surface area contributed by atoms with Gasteiger partial charge in [0.25, 0.3) is 5.91 Å². The van der Waals surface area contributed by atoms with E-state index >= 15 is 0 Å². The molecule has 1 amide bonds. The minimum atomic E-state index is -0.0634. The molecule has 2 aliphatic rings. The molecule has 1 unspecified atom stereocenters. The van der Waals surface area contributed by atoms with Crippen molar-refractivity contribution in [3.63, 3.8) is 0 Å². The molecule has 7 heteroatoms. The predicted octanol–water partition coefficient (Wildman–Crippen LogP) is 2.65. The van der Waals surface area contributed by atoms with Gasteiger partial charge in [0.15, 0.2) is 5.65 Å². The fourth-order valence-electron chi connectivity index (χ4n) is 4.22. The lowest BCUT2D eigenvalue weighted by Gasteiger charge is -2.35.